The summed E-state index contributed by atoms with van der Waals surface area (Å²) in [6.45, 7) is 11.0. The fraction of sp³-hybridized carbons (Fsp3) is 0.522. The summed E-state index contributed by atoms with van der Waals surface area (Å²) in [6, 6.07) is 1.79. The number of aliphatic hydroxyl groups excluding tert-OH is 1. The second-order valence-electron chi connectivity index (χ2n) is 8.53. The molecule has 0 aromatic carbocycles. The van der Waals surface area contributed by atoms with Crippen molar-refractivity contribution in [3.8, 4) is 0 Å². The van der Waals surface area contributed by atoms with Crippen molar-refractivity contribution in [1.29, 1.82) is 0 Å². The summed E-state index contributed by atoms with van der Waals surface area (Å²) in [5.74, 6) is -0.139. The molecule has 1 fully saturated rings. The molecule has 162 valence electrons. The lowest BCUT2D eigenvalue weighted by Gasteiger charge is -2.41. The van der Waals surface area contributed by atoms with Gasteiger partial charge in [0.15, 0.2) is 11.9 Å². The lowest BCUT2D eigenvalue weighted by Crippen LogP contribution is -2.40. The number of aliphatic hydroxyl groups is 1. The van der Waals surface area contributed by atoms with Crippen molar-refractivity contribution in [2.45, 2.75) is 52.6 Å². The average Bonchev–Trinajstić information content (AvgIpc) is 3.15. The number of aromatic nitrogens is 2. The number of pyridine rings is 1. The van der Waals surface area contributed by atoms with Crippen LogP contribution >= 0.6 is 0 Å². The van der Waals surface area contributed by atoms with E-state index in [2.05, 4.69) is 23.4 Å². The normalized spacial score (nSPS) is 17.0. The van der Waals surface area contributed by atoms with Crippen LogP contribution in [0, 0.1) is 12.3 Å². The molecule has 0 saturated carbocycles. The molecule has 0 aliphatic carbocycles. The number of carbonyl (C=O) groups excluding carboxylic acids is 2. The van der Waals surface area contributed by atoms with E-state index in [1.807, 2.05) is 17.4 Å². The minimum absolute atomic E-state index is 0.131. The van der Waals surface area contributed by atoms with Crippen LogP contribution in [-0.2, 0) is 9.53 Å². The molecule has 1 aliphatic rings. The van der Waals surface area contributed by atoms with Gasteiger partial charge in [0.05, 0.1) is 7.11 Å². The smallest absolute Gasteiger partial charge is 0.339 e. The zero-order chi connectivity index (χ0) is 22.1. The van der Waals surface area contributed by atoms with Gasteiger partial charge in [0.1, 0.15) is 17.2 Å². The van der Waals surface area contributed by atoms with Crippen molar-refractivity contribution in [1.82, 2.24) is 9.38 Å². The van der Waals surface area contributed by atoms with Gasteiger partial charge in [0.25, 0.3) is 0 Å². The molecule has 0 radical (unpaired) electrons. The predicted molar refractivity (Wildman–Crippen MR) is 116 cm³/mol. The lowest BCUT2D eigenvalue weighted by molar-refractivity contribution is -0.150. The Hall–Kier alpha value is -2.67. The molecule has 3 heterocycles. The first kappa shape index (κ1) is 22.0. The Morgan fingerprint density at radius 3 is 2.63 bits per heavy atom. The second-order valence-corrected chi connectivity index (χ2v) is 8.53. The molecule has 0 bridgehead atoms. The fourth-order valence-corrected chi connectivity index (χ4v) is 4.26. The Morgan fingerprint density at radius 2 is 2.07 bits per heavy atom. The van der Waals surface area contributed by atoms with Crippen LogP contribution in [0.3, 0.4) is 0 Å². The Balaban J connectivity index is 2.09. The number of hydrogen-bond acceptors (Lipinski definition) is 6. The van der Waals surface area contributed by atoms with Gasteiger partial charge in [-0.3, -0.25) is 9.20 Å². The lowest BCUT2D eigenvalue weighted by atomic mass is 9.76. The summed E-state index contributed by atoms with van der Waals surface area (Å²) in [6.07, 6.45) is 6.28. The summed E-state index contributed by atoms with van der Waals surface area (Å²) in [5, 5.41) is 10.8. The van der Waals surface area contributed by atoms with Crippen LogP contribution in [0.5, 0.6) is 0 Å². The number of piperidine rings is 1. The molecule has 3 rings (SSSR count). The van der Waals surface area contributed by atoms with Gasteiger partial charge in [-0.05, 0) is 49.7 Å². The monoisotopic (exact) mass is 413 g/mol. The number of rotatable bonds is 7. The van der Waals surface area contributed by atoms with Crippen molar-refractivity contribution in [3.05, 3.63) is 41.7 Å². The first-order valence-electron chi connectivity index (χ1n) is 10.4. The van der Waals surface area contributed by atoms with Gasteiger partial charge < -0.3 is 14.7 Å². The summed E-state index contributed by atoms with van der Waals surface area (Å²) >= 11 is 0. The SMILES string of the molecule is C=CCCC1(C)CCN(c2c([C@H](O)C(=O)OC)c(C)cc3nc(C(C)=O)cn23)CC1. The molecular weight excluding hydrogens is 382 g/mol. The number of nitrogens with zero attached hydrogens (tertiary/aromatic N) is 3. The summed E-state index contributed by atoms with van der Waals surface area (Å²) in [7, 11) is 1.26. The summed E-state index contributed by atoms with van der Waals surface area (Å²) in [5.41, 5.74) is 2.43. The number of imidazole rings is 1. The van der Waals surface area contributed by atoms with Crippen molar-refractivity contribution >= 4 is 23.2 Å². The number of Topliss-reactive ketones (excluding diaryl/α,β-unsaturated/α-hetero) is 1. The molecule has 0 unspecified atom stereocenters. The number of esters is 1. The molecule has 30 heavy (non-hydrogen) atoms. The highest BCUT2D eigenvalue weighted by molar-refractivity contribution is 5.93. The number of anilines is 1. The predicted octanol–water partition coefficient (Wildman–Crippen LogP) is 3.62. The molecule has 1 saturated heterocycles. The van der Waals surface area contributed by atoms with Crippen molar-refractivity contribution in [3.63, 3.8) is 0 Å². The molecule has 1 atom stereocenters. The molecule has 0 amide bonds. The average molecular weight is 414 g/mol. The minimum Gasteiger partial charge on any atom is -0.467 e. The third kappa shape index (κ3) is 4.12. The zero-order valence-electron chi connectivity index (χ0n) is 18.3. The van der Waals surface area contributed by atoms with Crippen molar-refractivity contribution in [2.75, 3.05) is 25.1 Å². The van der Waals surface area contributed by atoms with Crippen LogP contribution in [0.15, 0.2) is 24.9 Å². The number of hydrogen-bond donors (Lipinski definition) is 1. The molecular formula is C23H31N3O4. The van der Waals surface area contributed by atoms with Gasteiger partial charge in [-0.1, -0.05) is 13.0 Å². The van der Waals surface area contributed by atoms with Crippen LogP contribution in [0.2, 0.25) is 0 Å². The van der Waals surface area contributed by atoms with E-state index in [0.717, 1.165) is 44.3 Å². The molecule has 7 heteroatoms. The number of allylic oxidation sites excluding steroid dienone is 1. The molecule has 2 aromatic heterocycles. The molecule has 1 N–H and O–H groups in total. The number of ether oxygens (including phenoxy) is 1. The van der Waals surface area contributed by atoms with E-state index in [0.29, 0.717) is 22.7 Å². The Morgan fingerprint density at radius 1 is 1.40 bits per heavy atom. The Bertz CT molecular complexity index is 970. The number of carbonyl (C=O) groups is 2. The van der Waals surface area contributed by atoms with E-state index < -0.39 is 12.1 Å². The van der Waals surface area contributed by atoms with Gasteiger partial charge in [-0.25, -0.2) is 9.78 Å². The number of ketones is 1. The van der Waals surface area contributed by atoms with Gasteiger partial charge in [0, 0.05) is 31.8 Å². The Labute approximate surface area is 177 Å². The second kappa shape index (κ2) is 8.60. The maximum atomic E-state index is 12.2. The van der Waals surface area contributed by atoms with E-state index in [1.54, 1.807) is 12.3 Å². The molecule has 7 nitrogen and oxygen atoms in total. The maximum absolute atomic E-state index is 12.2. The van der Waals surface area contributed by atoms with Crippen LogP contribution in [0.4, 0.5) is 5.82 Å². The van der Waals surface area contributed by atoms with Crippen molar-refractivity contribution in [2.24, 2.45) is 5.41 Å². The van der Waals surface area contributed by atoms with E-state index in [4.69, 9.17) is 4.74 Å². The Kier molecular flexibility index (Phi) is 6.31. The van der Waals surface area contributed by atoms with E-state index in [1.165, 1.54) is 14.0 Å². The number of aryl methyl sites for hydroxylation is 1. The van der Waals surface area contributed by atoms with Crippen LogP contribution < -0.4 is 4.90 Å². The third-order valence-electron chi connectivity index (χ3n) is 6.25. The highest BCUT2D eigenvalue weighted by Crippen LogP contribution is 2.40. The summed E-state index contributed by atoms with van der Waals surface area (Å²) in [4.78, 5) is 30.7. The minimum atomic E-state index is -1.41. The van der Waals surface area contributed by atoms with Crippen LogP contribution in [0.25, 0.3) is 5.65 Å². The largest absolute Gasteiger partial charge is 0.467 e. The number of methoxy groups -OCH3 is 1. The van der Waals surface area contributed by atoms with Gasteiger partial charge in [-0.2, -0.15) is 0 Å². The fourth-order valence-electron chi connectivity index (χ4n) is 4.26. The quantitative estimate of drug-likeness (QED) is 0.424. The van der Waals surface area contributed by atoms with E-state index in [-0.39, 0.29) is 11.2 Å². The van der Waals surface area contributed by atoms with E-state index in [9.17, 15) is 14.7 Å². The zero-order valence-corrected chi connectivity index (χ0v) is 18.3. The first-order chi connectivity index (χ1) is 14.2. The van der Waals surface area contributed by atoms with E-state index >= 15 is 0 Å². The van der Waals surface area contributed by atoms with Crippen molar-refractivity contribution < 1.29 is 19.4 Å². The summed E-state index contributed by atoms with van der Waals surface area (Å²) < 4.78 is 6.62. The highest BCUT2D eigenvalue weighted by atomic mass is 16.5. The highest BCUT2D eigenvalue weighted by Gasteiger charge is 2.34. The first-order valence-corrected chi connectivity index (χ1v) is 10.4. The van der Waals surface area contributed by atoms with Gasteiger partial charge >= 0.3 is 5.97 Å². The standard InChI is InChI=1S/C23H31N3O4/c1-6-7-8-23(4)9-11-25(12-10-23)21-19(20(28)22(29)30-5)15(2)13-18-24-17(16(3)27)14-26(18)21/h6,13-14,20,28H,1,7-12H2,2-5H3/t20-/m0/s1. The van der Waals surface area contributed by atoms with Gasteiger partial charge in [-0.15, -0.1) is 6.58 Å². The third-order valence-corrected chi connectivity index (χ3v) is 6.25. The number of fused-ring (bicyclic) bond motifs is 1. The molecule has 1 aliphatic heterocycles. The van der Waals surface area contributed by atoms with Crippen LogP contribution in [0.1, 0.15) is 67.3 Å². The molecule has 2 aromatic rings. The van der Waals surface area contributed by atoms with Gasteiger partial charge in [0.2, 0.25) is 0 Å². The topological polar surface area (TPSA) is 84.1 Å². The molecule has 0 spiro atoms. The van der Waals surface area contributed by atoms with Crippen LogP contribution in [-0.4, -0.2) is 46.4 Å². The maximum Gasteiger partial charge on any atom is 0.339 e.